The summed E-state index contributed by atoms with van der Waals surface area (Å²) in [5.74, 6) is -1.55. The molecule has 7 heteroatoms. The third-order valence-electron chi connectivity index (χ3n) is 14.6. The van der Waals surface area contributed by atoms with Crippen LogP contribution in [0.1, 0.15) is 355 Å². The maximum absolute atomic E-state index is 11.5. The summed E-state index contributed by atoms with van der Waals surface area (Å²) in [7, 11) is 1.45. The minimum atomic E-state index is -0.798. The van der Waals surface area contributed by atoms with Crippen molar-refractivity contribution in [3.63, 3.8) is 0 Å². The maximum Gasteiger partial charge on any atom is 0.332 e. The monoisotopic (exact) mass is 1120 g/mol. The molecular weight excluding hydrogens is 989 g/mol. The van der Waals surface area contributed by atoms with Gasteiger partial charge in [-0.2, -0.15) is 0 Å². The highest BCUT2D eigenvalue weighted by molar-refractivity contribution is 5.72. The third-order valence-corrected chi connectivity index (χ3v) is 14.6. The molecule has 2 N–H and O–H groups in total. The second-order valence-corrected chi connectivity index (χ2v) is 22.6. The summed E-state index contributed by atoms with van der Waals surface area (Å²) >= 11 is 0. The Morgan fingerprint density at radius 3 is 0.912 bits per heavy atom. The molecule has 0 aliphatic heterocycles. The molecule has 0 fully saturated rings. The van der Waals surface area contributed by atoms with E-state index in [0.29, 0.717) is 25.9 Å². The fraction of sp³-hybridized carbons (Fsp3) is 0.795. The van der Waals surface area contributed by atoms with Crippen molar-refractivity contribution in [1.29, 1.82) is 0 Å². The van der Waals surface area contributed by atoms with Crippen molar-refractivity contribution >= 4 is 17.9 Å². The van der Waals surface area contributed by atoms with Gasteiger partial charge in [0.1, 0.15) is 0 Å². The Morgan fingerprint density at radius 2 is 0.588 bits per heavy atom. The van der Waals surface area contributed by atoms with E-state index in [9.17, 15) is 19.5 Å². The van der Waals surface area contributed by atoms with Gasteiger partial charge in [-0.3, -0.25) is 9.59 Å². The van der Waals surface area contributed by atoms with Crippen molar-refractivity contribution < 1.29 is 34.1 Å². The molecule has 0 spiro atoms. The van der Waals surface area contributed by atoms with Crippen LogP contribution in [0.3, 0.4) is 0 Å². The van der Waals surface area contributed by atoms with E-state index in [0.717, 1.165) is 70.6 Å². The molecule has 0 radical (unpaired) electrons. The minimum Gasteiger partial charge on any atom is -0.481 e. The Hall–Kier alpha value is -3.19. The van der Waals surface area contributed by atoms with Crippen LogP contribution in [0.2, 0.25) is 0 Å². The van der Waals surface area contributed by atoms with Crippen molar-refractivity contribution in [2.45, 2.75) is 361 Å². The number of rotatable bonds is 60. The van der Waals surface area contributed by atoms with Crippen LogP contribution in [0.5, 0.6) is 0 Å². The van der Waals surface area contributed by atoms with E-state index in [1.54, 1.807) is 0 Å². The normalized spacial score (nSPS) is 12.1. The molecule has 0 aliphatic carbocycles. The van der Waals surface area contributed by atoms with Crippen LogP contribution in [0, 0.1) is 0 Å². The lowest BCUT2D eigenvalue weighted by atomic mass is 10.1. The van der Waals surface area contributed by atoms with E-state index in [1.807, 2.05) is 0 Å². The van der Waals surface area contributed by atoms with Gasteiger partial charge in [0.05, 0.1) is 7.11 Å². The molecule has 0 saturated heterocycles. The fourth-order valence-corrected chi connectivity index (χ4v) is 9.35. The molecule has 1 unspecified atom stereocenters. The predicted molar refractivity (Wildman–Crippen MR) is 350 cm³/mol. The van der Waals surface area contributed by atoms with Gasteiger partial charge in [-0.15, -0.1) is 0 Å². The highest BCUT2D eigenvalue weighted by Gasteiger charge is 2.17. The van der Waals surface area contributed by atoms with Gasteiger partial charge in [0, 0.05) is 19.4 Å². The molecule has 7 nitrogen and oxygen atoms in total. The number of ether oxygens (including phenoxy) is 2. The quantitative estimate of drug-likeness (QED) is 0.0355. The summed E-state index contributed by atoms with van der Waals surface area (Å²) in [6.45, 7) is 9.59. The Labute approximate surface area is 497 Å². The summed E-state index contributed by atoms with van der Waals surface area (Å²) < 4.78 is 10.3. The Bertz CT molecular complexity index is 1410. The average molecular weight is 1120 g/mol. The molecule has 0 bridgehead atoms. The Balaban J connectivity index is -0.00000122. The maximum atomic E-state index is 11.5. The lowest BCUT2D eigenvalue weighted by molar-refractivity contribution is -0.151. The number of allylic oxidation sites excluding steroid dienone is 12. The largest absolute Gasteiger partial charge is 0.481 e. The number of unbranched alkanes of at least 4 members (excludes halogenated alkanes) is 38. The van der Waals surface area contributed by atoms with E-state index >= 15 is 0 Å². The van der Waals surface area contributed by atoms with Gasteiger partial charge in [-0.1, -0.05) is 274 Å². The van der Waals surface area contributed by atoms with Crippen LogP contribution in [-0.2, 0) is 23.9 Å². The van der Waals surface area contributed by atoms with Gasteiger partial charge < -0.3 is 19.7 Å². The van der Waals surface area contributed by atoms with Crippen LogP contribution >= 0.6 is 0 Å². The van der Waals surface area contributed by atoms with Crippen molar-refractivity contribution in [2.24, 2.45) is 0 Å². The Morgan fingerprint density at radius 1 is 0.325 bits per heavy atom. The Kier molecular flexibility index (Phi) is 76.8. The SMILES string of the molecule is CCCCC/C=C\C/C=C\CCCCCCCC(=O)OC.CCCCC/C=C\C/C=C\CCCCCCCCOC(CCCCCC/C=C\CCCCCCCC)C(=O)O.CCCCCCCC/C=C\CCCCCCCC(=O)O. The summed E-state index contributed by atoms with van der Waals surface area (Å²) in [4.78, 5) is 32.8. The molecule has 0 rings (SSSR count). The number of hydrogen-bond donors (Lipinski definition) is 2. The predicted octanol–water partition coefficient (Wildman–Crippen LogP) is 24.0. The molecule has 468 valence electrons. The third kappa shape index (κ3) is 79.0. The number of carboxylic acid groups (broad SMARTS) is 2. The van der Waals surface area contributed by atoms with Crippen molar-refractivity contribution in [1.82, 2.24) is 0 Å². The number of aliphatic carboxylic acids is 2. The van der Waals surface area contributed by atoms with E-state index < -0.39 is 18.0 Å². The van der Waals surface area contributed by atoms with Crippen molar-refractivity contribution in [2.75, 3.05) is 13.7 Å². The number of carboxylic acids is 2. The van der Waals surface area contributed by atoms with Crippen LogP contribution in [0.15, 0.2) is 72.9 Å². The molecule has 1 atom stereocenters. The lowest BCUT2D eigenvalue weighted by Crippen LogP contribution is -2.24. The highest BCUT2D eigenvalue weighted by atomic mass is 16.5. The van der Waals surface area contributed by atoms with Crippen molar-refractivity contribution in [3.05, 3.63) is 72.9 Å². The van der Waals surface area contributed by atoms with Crippen LogP contribution in [-0.4, -0.2) is 47.9 Å². The zero-order valence-corrected chi connectivity index (χ0v) is 53.7. The number of methoxy groups -OCH3 is 1. The molecule has 0 heterocycles. The smallest absolute Gasteiger partial charge is 0.332 e. The van der Waals surface area contributed by atoms with E-state index in [-0.39, 0.29) is 5.97 Å². The van der Waals surface area contributed by atoms with Gasteiger partial charge in [-0.25, -0.2) is 4.79 Å². The first-order valence-corrected chi connectivity index (χ1v) is 34.3. The zero-order chi connectivity index (χ0) is 59.0. The minimum absolute atomic E-state index is 0.0827. The second-order valence-electron chi connectivity index (χ2n) is 22.6. The van der Waals surface area contributed by atoms with E-state index in [1.165, 1.54) is 245 Å². The summed E-state index contributed by atoms with van der Waals surface area (Å²) in [5.41, 5.74) is 0. The standard InChI is InChI=1S/C36H66O3.C19H34O2.C18H34O2/c1-3-5-7-9-11-13-15-17-19-20-22-24-26-28-30-32-34-39-35(36(37)38)33-31-29-27-25-23-21-18-16-14-12-10-8-6-4-2;1-3-4-5-6-7-8-9-10-11-12-13-14-15-16-17-18-19(20)21-2;1-2-3-4-5-6-7-8-9-10-11-12-13-14-15-16-17-18(19)20/h11,13,17-19,21,35H,3-10,12,14-16,20,22-34H2,1-2H3,(H,37,38);7-8,10-11H,3-6,9,12-18H2,1-2H3;9-10H,2-8,11-17H2,1H3,(H,19,20)/b13-11-,19-17-,21-18-;8-7-,11-10-;10-9-. The first-order chi connectivity index (χ1) is 39.3. The zero-order valence-electron chi connectivity index (χ0n) is 53.7. The number of esters is 1. The van der Waals surface area contributed by atoms with Crippen LogP contribution in [0.4, 0.5) is 0 Å². The van der Waals surface area contributed by atoms with Gasteiger partial charge in [0.2, 0.25) is 0 Å². The average Bonchev–Trinajstić information content (AvgIpc) is 3.45. The summed E-state index contributed by atoms with van der Waals surface area (Å²) in [6, 6.07) is 0. The first kappa shape index (κ1) is 81.0. The molecule has 0 aromatic rings. The highest BCUT2D eigenvalue weighted by Crippen LogP contribution is 2.15. The molecular formula is C73H134O7. The van der Waals surface area contributed by atoms with Crippen molar-refractivity contribution in [3.8, 4) is 0 Å². The van der Waals surface area contributed by atoms with E-state index in [2.05, 4.69) is 105 Å². The molecule has 0 amide bonds. The van der Waals surface area contributed by atoms with Crippen LogP contribution in [0.25, 0.3) is 0 Å². The number of carbonyl (C=O) groups excluding carboxylic acids is 1. The summed E-state index contributed by atoms with van der Waals surface area (Å²) in [5, 5.41) is 18.0. The molecule has 80 heavy (non-hydrogen) atoms. The van der Waals surface area contributed by atoms with Gasteiger partial charge >= 0.3 is 17.9 Å². The molecule has 0 aromatic carbocycles. The van der Waals surface area contributed by atoms with Gasteiger partial charge in [0.25, 0.3) is 0 Å². The molecule has 0 saturated carbocycles. The first-order valence-electron chi connectivity index (χ1n) is 34.3. The molecule has 0 aromatic heterocycles. The summed E-state index contributed by atoms with van der Waals surface area (Å²) in [6.07, 6.45) is 87.8. The van der Waals surface area contributed by atoms with Gasteiger partial charge in [-0.05, 0) is 141 Å². The van der Waals surface area contributed by atoms with Crippen LogP contribution < -0.4 is 0 Å². The van der Waals surface area contributed by atoms with Gasteiger partial charge in [0.15, 0.2) is 6.10 Å². The second kappa shape index (κ2) is 75.8. The lowest BCUT2D eigenvalue weighted by Gasteiger charge is -2.13. The molecule has 0 aliphatic rings. The number of carbonyl (C=O) groups is 3. The number of hydrogen-bond acceptors (Lipinski definition) is 5. The topological polar surface area (TPSA) is 110 Å². The fourth-order valence-electron chi connectivity index (χ4n) is 9.35. The van der Waals surface area contributed by atoms with E-state index in [4.69, 9.17) is 9.84 Å².